The molecule has 0 saturated carbocycles. The lowest BCUT2D eigenvalue weighted by atomic mass is 9.93. The summed E-state index contributed by atoms with van der Waals surface area (Å²) in [5.74, 6) is 0.801. The maximum Gasteiger partial charge on any atom is 0.227 e. The van der Waals surface area contributed by atoms with Gasteiger partial charge in [-0.25, -0.2) is 0 Å². The Morgan fingerprint density at radius 2 is 1.74 bits per heavy atom. The van der Waals surface area contributed by atoms with Gasteiger partial charge in [-0.3, -0.25) is 14.7 Å². The van der Waals surface area contributed by atoms with Crippen molar-refractivity contribution in [1.82, 2.24) is 9.80 Å². The summed E-state index contributed by atoms with van der Waals surface area (Å²) in [6.07, 6.45) is 3.97. The summed E-state index contributed by atoms with van der Waals surface area (Å²) < 4.78 is 0. The number of piperazine rings is 1. The second-order valence-corrected chi connectivity index (χ2v) is 12.6. The van der Waals surface area contributed by atoms with Crippen LogP contribution in [0.5, 0.6) is 0 Å². The van der Waals surface area contributed by atoms with Gasteiger partial charge in [-0.2, -0.15) is 0 Å². The number of hydrogen-bond donors (Lipinski definition) is 3. The van der Waals surface area contributed by atoms with Crippen LogP contribution >= 0.6 is 0 Å². The van der Waals surface area contributed by atoms with Crippen molar-refractivity contribution >= 4 is 22.6 Å². The number of amides is 1. The predicted octanol–water partition coefficient (Wildman–Crippen LogP) is 4.55. The number of hydrogen-bond acceptors (Lipinski definition) is 4. The molecule has 0 unspecified atom stereocenters. The van der Waals surface area contributed by atoms with Crippen LogP contribution in [0, 0.1) is 19.8 Å². The predicted molar refractivity (Wildman–Crippen MR) is 175 cm³/mol. The fourth-order valence-corrected chi connectivity index (χ4v) is 6.44. The van der Waals surface area contributed by atoms with Crippen molar-refractivity contribution < 1.29 is 4.79 Å². The van der Waals surface area contributed by atoms with Crippen LogP contribution < -0.4 is 17.2 Å². The Balaban J connectivity index is 1.52. The van der Waals surface area contributed by atoms with Gasteiger partial charge < -0.3 is 22.1 Å². The van der Waals surface area contributed by atoms with E-state index >= 15 is 0 Å². The van der Waals surface area contributed by atoms with Crippen molar-refractivity contribution in [3.8, 4) is 0 Å². The van der Waals surface area contributed by atoms with Gasteiger partial charge in [0.25, 0.3) is 0 Å². The molecule has 3 atom stereocenters. The van der Waals surface area contributed by atoms with Crippen LogP contribution in [0.15, 0.2) is 65.7 Å². The molecular formula is C35H50N6O. The minimum absolute atomic E-state index is 0.00571. The number of nitrogens with two attached hydrogens (primary N) is 3. The first kappa shape index (κ1) is 31.5. The van der Waals surface area contributed by atoms with Crippen molar-refractivity contribution in [1.29, 1.82) is 0 Å². The average molecular weight is 571 g/mol. The molecule has 0 aromatic heterocycles. The zero-order valence-electron chi connectivity index (χ0n) is 25.9. The van der Waals surface area contributed by atoms with Crippen molar-refractivity contribution in [3.05, 3.63) is 82.9 Å². The molecule has 0 spiro atoms. The van der Waals surface area contributed by atoms with E-state index in [0.717, 1.165) is 44.3 Å². The van der Waals surface area contributed by atoms with Gasteiger partial charge in [0.2, 0.25) is 5.91 Å². The standard InChI is InChI=1S/C35H50N6O/c1-24(2)16-33-22-40(21-31(36)20-29-13-11-25(3)17-26(29)4)32(10-7-15-39-35(37)38)23-41(33)34(42)19-27-12-14-28-8-5-6-9-30(28)18-27/h5-6,8-9,11-14,17-18,24,31-33H,7,10,15-16,19-23,36H2,1-4H3,(H4,37,38,39)/t31-,32-,33+/m0/s1. The highest BCUT2D eigenvalue weighted by Gasteiger charge is 2.36. The van der Waals surface area contributed by atoms with Crippen LogP contribution in [0.1, 0.15) is 55.4 Å². The zero-order chi connectivity index (χ0) is 30.2. The van der Waals surface area contributed by atoms with Crippen molar-refractivity contribution in [2.45, 2.75) is 77.9 Å². The second kappa shape index (κ2) is 14.7. The first-order valence-corrected chi connectivity index (χ1v) is 15.5. The number of carbonyl (C=O) groups is 1. The normalized spacial score (nSPS) is 18.4. The molecule has 1 aliphatic heterocycles. The van der Waals surface area contributed by atoms with Crippen molar-refractivity contribution in [2.24, 2.45) is 28.1 Å². The van der Waals surface area contributed by atoms with E-state index in [2.05, 4.69) is 91.0 Å². The summed E-state index contributed by atoms with van der Waals surface area (Å²) in [6.45, 7) is 11.7. The molecule has 226 valence electrons. The van der Waals surface area contributed by atoms with Gasteiger partial charge in [0, 0.05) is 44.3 Å². The molecule has 3 aromatic carbocycles. The molecule has 42 heavy (non-hydrogen) atoms. The highest BCUT2D eigenvalue weighted by atomic mass is 16.2. The molecule has 4 rings (SSSR count). The van der Waals surface area contributed by atoms with E-state index in [1.807, 2.05) is 12.1 Å². The first-order valence-electron chi connectivity index (χ1n) is 15.5. The van der Waals surface area contributed by atoms with Gasteiger partial charge in [-0.05, 0) is 72.9 Å². The number of benzene rings is 3. The summed E-state index contributed by atoms with van der Waals surface area (Å²) in [7, 11) is 0. The largest absolute Gasteiger partial charge is 0.370 e. The van der Waals surface area contributed by atoms with E-state index in [1.54, 1.807) is 0 Å². The summed E-state index contributed by atoms with van der Waals surface area (Å²) in [4.78, 5) is 22.8. The van der Waals surface area contributed by atoms with E-state index < -0.39 is 0 Å². The molecule has 1 amide bonds. The molecule has 0 aliphatic carbocycles. The fraction of sp³-hybridized carbons (Fsp3) is 0.486. The van der Waals surface area contributed by atoms with E-state index in [1.165, 1.54) is 27.5 Å². The Hall–Kier alpha value is -3.42. The molecule has 1 saturated heterocycles. The number of nitrogens with zero attached hydrogens (tertiary/aromatic N) is 3. The maximum atomic E-state index is 13.9. The number of guanidine groups is 1. The summed E-state index contributed by atoms with van der Waals surface area (Å²) in [5.41, 5.74) is 22.9. The van der Waals surface area contributed by atoms with E-state index in [9.17, 15) is 4.79 Å². The van der Waals surface area contributed by atoms with Crippen molar-refractivity contribution in [2.75, 3.05) is 26.2 Å². The van der Waals surface area contributed by atoms with Gasteiger partial charge in [0.1, 0.15) is 0 Å². The molecular weight excluding hydrogens is 520 g/mol. The number of fused-ring (bicyclic) bond motifs is 1. The molecule has 0 radical (unpaired) electrons. The zero-order valence-corrected chi connectivity index (χ0v) is 25.9. The number of rotatable bonds is 12. The van der Waals surface area contributed by atoms with Crippen LogP contribution in [0.2, 0.25) is 0 Å². The van der Waals surface area contributed by atoms with Gasteiger partial charge in [-0.15, -0.1) is 0 Å². The molecule has 0 bridgehead atoms. The van der Waals surface area contributed by atoms with Gasteiger partial charge in [-0.1, -0.05) is 80.1 Å². The Morgan fingerprint density at radius 1 is 0.976 bits per heavy atom. The van der Waals surface area contributed by atoms with Crippen LogP contribution in [0.25, 0.3) is 10.8 Å². The van der Waals surface area contributed by atoms with Gasteiger partial charge >= 0.3 is 0 Å². The Morgan fingerprint density at radius 3 is 2.45 bits per heavy atom. The molecule has 1 heterocycles. The number of aryl methyl sites for hydroxylation is 2. The lowest BCUT2D eigenvalue weighted by Crippen LogP contribution is -2.62. The minimum atomic E-state index is 0.00571. The third-order valence-electron chi connectivity index (χ3n) is 8.48. The first-order chi connectivity index (χ1) is 20.1. The highest BCUT2D eigenvalue weighted by Crippen LogP contribution is 2.26. The summed E-state index contributed by atoms with van der Waals surface area (Å²) in [6, 6.07) is 21.6. The molecule has 1 fully saturated rings. The van der Waals surface area contributed by atoms with E-state index in [4.69, 9.17) is 17.2 Å². The third kappa shape index (κ3) is 8.79. The molecule has 7 heteroatoms. The molecule has 6 N–H and O–H groups in total. The number of carbonyl (C=O) groups excluding carboxylic acids is 1. The van der Waals surface area contributed by atoms with E-state index in [0.29, 0.717) is 25.4 Å². The summed E-state index contributed by atoms with van der Waals surface area (Å²) in [5, 5.41) is 2.36. The smallest absolute Gasteiger partial charge is 0.227 e. The lowest BCUT2D eigenvalue weighted by Gasteiger charge is -2.48. The Labute approximate surface area is 252 Å². The molecule has 7 nitrogen and oxygen atoms in total. The lowest BCUT2D eigenvalue weighted by molar-refractivity contribution is -0.138. The average Bonchev–Trinajstić information content (AvgIpc) is 2.93. The van der Waals surface area contributed by atoms with Crippen LogP contribution in [-0.4, -0.2) is 66.0 Å². The maximum absolute atomic E-state index is 13.9. The second-order valence-electron chi connectivity index (χ2n) is 12.6. The Bertz CT molecular complexity index is 1360. The third-order valence-corrected chi connectivity index (χ3v) is 8.48. The number of aliphatic imine (C=N–C) groups is 1. The van der Waals surface area contributed by atoms with Crippen molar-refractivity contribution in [3.63, 3.8) is 0 Å². The molecule has 3 aromatic rings. The minimum Gasteiger partial charge on any atom is -0.370 e. The van der Waals surface area contributed by atoms with Crippen LogP contribution in [-0.2, 0) is 17.6 Å². The highest BCUT2D eigenvalue weighted by molar-refractivity contribution is 5.85. The van der Waals surface area contributed by atoms with Gasteiger partial charge in [0.05, 0.1) is 6.42 Å². The van der Waals surface area contributed by atoms with E-state index in [-0.39, 0.29) is 30.0 Å². The van der Waals surface area contributed by atoms with Gasteiger partial charge in [0.15, 0.2) is 5.96 Å². The van der Waals surface area contributed by atoms with Crippen LogP contribution in [0.3, 0.4) is 0 Å². The fourth-order valence-electron chi connectivity index (χ4n) is 6.44. The topological polar surface area (TPSA) is 114 Å². The van der Waals surface area contributed by atoms with Crippen LogP contribution in [0.4, 0.5) is 0 Å². The Kier molecular flexibility index (Phi) is 11.0. The molecule has 1 aliphatic rings. The summed E-state index contributed by atoms with van der Waals surface area (Å²) >= 11 is 0. The SMILES string of the molecule is Cc1ccc(C[C@H](N)CN2C[C@@H](CC(C)C)N(C(=O)Cc3ccc4ccccc4c3)C[C@@H]2CCCN=C(N)N)c(C)c1. The quantitative estimate of drug-likeness (QED) is 0.168. The monoisotopic (exact) mass is 570 g/mol.